The van der Waals surface area contributed by atoms with Crippen LogP contribution in [-0.4, -0.2) is 17.1 Å². The van der Waals surface area contributed by atoms with E-state index >= 15 is 0 Å². The number of amides is 2. The van der Waals surface area contributed by atoms with Crippen LogP contribution in [0.1, 0.15) is 15.2 Å². The molecule has 21 heavy (non-hydrogen) atoms. The van der Waals surface area contributed by atoms with Crippen molar-refractivity contribution in [1.29, 1.82) is 0 Å². The first kappa shape index (κ1) is 14.6. The fourth-order valence-electron chi connectivity index (χ4n) is 2.03. The van der Waals surface area contributed by atoms with E-state index < -0.39 is 0 Å². The lowest BCUT2D eigenvalue weighted by molar-refractivity contribution is -0.121. The van der Waals surface area contributed by atoms with E-state index in [9.17, 15) is 9.59 Å². The van der Waals surface area contributed by atoms with E-state index in [1.54, 1.807) is 12.1 Å². The summed E-state index contributed by atoms with van der Waals surface area (Å²) in [6.45, 7) is 0. The van der Waals surface area contributed by atoms with Gasteiger partial charge in [-0.3, -0.25) is 20.4 Å². The normalized spacial score (nSPS) is 16.3. The Morgan fingerprint density at radius 2 is 1.95 bits per heavy atom. The minimum absolute atomic E-state index is 0.180. The van der Waals surface area contributed by atoms with Crippen LogP contribution in [0.3, 0.4) is 0 Å². The lowest BCUT2D eigenvalue weighted by Gasteiger charge is -2.10. The smallest absolute Gasteiger partial charge is 0.272 e. The number of halogens is 1. The predicted octanol–water partition coefficient (Wildman–Crippen LogP) is 2.99. The zero-order chi connectivity index (χ0) is 14.8. The monoisotopic (exact) mass is 382 g/mol. The van der Waals surface area contributed by atoms with Crippen LogP contribution in [0.15, 0.2) is 45.1 Å². The molecule has 1 atom stereocenters. The maximum absolute atomic E-state index is 12.1. The molecular weight excluding hydrogens is 372 g/mol. The lowest BCUT2D eigenvalue weighted by Crippen LogP contribution is -2.45. The molecule has 4 nitrogen and oxygen atoms in total. The Morgan fingerprint density at radius 3 is 2.67 bits per heavy atom. The first-order valence-corrected chi connectivity index (χ1v) is 8.72. The lowest BCUT2D eigenvalue weighted by atomic mass is 10.1. The molecule has 2 amide bonds. The van der Waals surface area contributed by atoms with Crippen molar-refractivity contribution in [3.05, 3.63) is 50.6 Å². The molecule has 2 heterocycles. The molecule has 7 heteroatoms. The topological polar surface area (TPSA) is 58.2 Å². The van der Waals surface area contributed by atoms with Gasteiger partial charge in [-0.25, -0.2) is 0 Å². The number of carbonyl (C=O) groups is 2. The second kappa shape index (κ2) is 6.21. The number of fused-ring (bicyclic) bond motifs is 1. The third kappa shape index (κ3) is 3.30. The van der Waals surface area contributed by atoms with Gasteiger partial charge in [0.2, 0.25) is 0 Å². The van der Waals surface area contributed by atoms with E-state index in [2.05, 4.69) is 26.8 Å². The van der Waals surface area contributed by atoms with Gasteiger partial charge in [0.1, 0.15) is 0 Å². The fraction of sp³-hybridized carbons (Fsp3) is 0.143. The highest BCUT2D eigenvalue weighted by atomic mass is 79.9. The first-order chi connectivity index (χ1) is 10.1. The summed E-state index contributed by atoms with van der Waals surface area (Å²) in [5.41, 5.74) is 6.13. The predicted molar refractivity (Wildman–Crippen MR) is 87.4 cm³/mol. The number of rotatable bonds is 2. The molecule has 1 aliphatic heterocycles. The summed E-state index contributed by atoms with van der Waals surface area (Å²) >= 11 is 6.14. The third-order valence-electron chi connectivity index (χ3n) is 3.04. The van der Waals surface area contributed by atoms with Gasteiger partial charge in [-0.2, -0.15) is 0 Å². The van der Waals surface area contributed by atoms with Crippen LogP contribution in [-0.2, 0) is 11.2 Å². The molecule has 2 aromatic rings. The van der Waals surface area contributed by atoms with Crippen LogP contribution >= 0.6 is 39.0 Å². The summed E-state index contributed by atoms with van der Waals surface area (Å²) in [5, 5.41) is -0.197. The van der Waals surface area contributed by atoms with Crippen molar-refractivity contribution in [1.82, 2.24) is 10.9 Å². The SMILES string of the molecule is O=C(NNC(=O)C1Cc2ccccc2S1)c1ccc(Br)s1. The van der Waals surface area contributed by atoms with Gasteiger partial charge in [0, 0.05) is 4.90 Å². The summed E-state index contributed by atoms with van der Waals surface area (Å²) < 4.78 is 0.876. The van der Waals surface area contributed by atoms with E-state index in [-0.39, 0.29) is 17.1 Å². The highest BCUT2D eigenvalue weighted by Crippen LogP contribution is 2.36. The van der Waals surface area contributed by atoms with E-state index in [0.717, 1.165) is 8.68 Å². The number of thiophene rings is 1. The van der Waals surface area contributed by atoms with E-state index in [4.69, 9.17) is 0 Å². The van der Waals surface area contributed by atoms with Crippen molar-refractivity contribution >= 4 is 50.8 Å². The standard InChI is InChI=1S/C14H11BrN2O2S2/c15-12-6-5-10(21-12)13(18)16-17-14(19)11-7-8-3-1-2-4-9(8)20-11/h1-6,11H,7H2,(H,16,18)(H,17,19). The Bertz CT molecular complexity index is 677. The Balaban J connectivity index is 1.55. The Morgan fingerprint density at radius 1 is 1.14 bits per heavy atom. The zero-order valence-corrected chi connectivity index (χ0v) is 14.0. The van der Waals surface area contributed by atoms with Crippen molar-refractivity contribution in [2.75, 3.05) is 0 Å². The van der Waals surface area contributed by atoms with Crippen molar-refractivity contribution in [2.45, 2.75) is 16.6 Å². The molecule has 1 aromatic carbocycles. The third-order valence-corrected chi connectivity index (χ3v) is 5.98. The number of hydrazine groups is 1. The van der Waals surface area contributed by atoms with Crippen molar-refractivity contribution in [3.8, 4) is 0 Å². The van der Waals surface area contributed by atoms with Gasteiger partial charge in [-0.05, 0) is 46.1 Å². The minimum Gasteiger partial charge on any atom is -0.272 e. The van der Waals surface area contributed by atoms with Crippen molar-refractivity contribution < 1.29 is 9.59 Å². The van der Waals surface area contributed by atoms with Gasteiger partial charge in [0.05, 0.1) is 13.9 Å². The Hall–Kier alpha value is -1.31. The van der Waals surface area contributed by atoms with Crippen LogP contribution in [0, 0.1) is 0 Å². The number of hydrogen-bond acceptors (Lipinski definition) is 4. The molecule has 108 valence electrons. The second-order valence-electron chi connectivity index (χ2n) is 4.47. The Kier molecular flexibility index (Phi) is 4.32. The van der Waals surface area contributed by atoms with Crippen LogP contribution in [0.4, 0.5) is 0 Å². The van der Waals surface area contributed by atoms with Gasteiger partial charge in [-0.15, -0.1) is 23.1 Å². The highest BCUT2D eigenvalue weighted by molar-refractivity contribution is 9.11. The fourth-order valence-corrected chi connectivity index (χ4v) is 4.50. The van der Waals surface area contributed by atoms with E-state index in [1.807, 2.05) is 24.3 Å². The molecule has 0 saturated carbocycles. The summed E-state index contributed by atoms with van der Waals surface area (Å²) in [6.07, 6.45) is 0.688. The van der Waals surface area contributed by atoms with Gasteiger partial charge in [0.25, 0.3) is 11.8 Å². The molecule has 1 aromatic heterocycles. The van der Waals surface area contributed by atoms with E-state index in [0.29, 0.717) is 11.3 Å². The molecule has 0 radical (unpaired) electrons. The minimum atomic E-state index is -0.306. The second-order valence-corrected chi connectivity index (χ2v) is 8.17. The number of benzene rings is 1. The maximum atomic E-state index is 12.1. The number of nitrogens with one attached hydrogen (secondary N) is 2. The first-order valence-electron chi connectivity index (χ1n) is 6.23. The molecule has 0 fully saturated rings. The molecule has 0 saturated heterocycles. The maximum Gasteiger partial charge on any atom is 0.279 e. The molecule has 0 spiro atoms. The molecule has 0 aliphatic carbocycles. The average molecular weight is 383 g/mol. The van der Waals surface area contributed by atoms with Crippen molar-refractivity contribution in [3.63, 3.8) is 0 Å². The molecule has 3 rings (SSSR count). The highest BCUT2D eigenvalue weighted by Gasteiger charge is 2.28. The van der Waals surface area contributed by atoms with Gasteiger partial charge in [0.15, 0.2) is 0 Å². The summed E-state index contributed by atoms with van der Waals surface area (Å²) in [5.74, 6) is -0.486. The molecule has 1 unspecified atom stereocenters. The van der Waals surface area contributed by atoms with Gasteiger partial charge < -0.3 is 0 Å². The largest absolute Gasteiger partial charge is 0.279 e. The van der Waals surface area contributed by atoms with Gasteiger partial charge >= 0.3 is 0 Å². The summed E-state index contributed by atoms with van der Waals surface area (Å²) in [7, 11) is 0. The number of carbonyl (C=O) groups excluding carboxylic acids is 2. The van der Waals surface area contributed by atoms with Crippen LogP contribution in [0.2, 0.25) is 0 Å². The van der Waals surface area contributed by atoms with Crippen LogP contribution < -0.4 is 10.9 Å². The van der Waals surface area contributed by atoms with E-state index in [1.165, 1.54) is 28.7 Å². The van der Waals surface area contributed by atoms with Crippen LogP contribution in [0.25, 0.3) is 0 Å². The number of hydrogen-bond donors (Lipinski definition) is 2. The molecule has 0 bridgehead atoms. The molecule has 2 N–H and O–H groups in total. The molecular formula is C14H11BrN2O2S2. The average Bonchev–Trinajstić information content (AvgIpc) is 3.10. The van der Waals surface area contributed by atoms with Gasteiger partial charge in [-0.1, -0.05) is 18.2 Å². The summed E-state index contributed by atoms with van der Waals surface area (Å²) in [4.78, 5) is 25.6. The Labute approximate surface area is 138 Å². The van der Waals surface area contributed by atoms with Crippen molar-refractivity contribution in [2.24, 2.45) is 0 Å². The molecule has 1 aliphatic rings. The quantitative estimate of drug-likeness (QED) is 0.784. The zero-order valence-electron chi connectivity index (χ0n) is 10.8. The summed E-state index contributed by atoms with van der Waals surface area (Å²) in [6, 6.07) is 11.5. The number of thioether (sulfide) groups is 1. The van der Waals surface area contributed by atoms with Crippen LogP contribution in [0.5, 0.6) is 0 Å².